The molecule has 2 atom stereocenters. The van der Waals surface area contributed by atoms with E-state index >= 15 is 0 Å². The molecule has 2 heterocycles. The van der Waals surface area contributed by atoms with Crippen LogP contribution in [0.15, 0.2) is 24.0 Å². The van der Waals surface area contributed by atoms with Crippen molar-refractivity contribution < 1.29 is 19.1 Å². The highest BCUT2D eigenvalue weighted by Gasteiger charge is 2.30. The van der Waals surface area contributed by atoms with E-state index in [1.165, 1.54) is 0 Å². The minimum absolute atomic E-state index is 0.0867. The highest BCUT2D eigenvalue weighted by Crippen LogP contribution is 2.26. The van der Waals surface area contributed by atoms with Gasteiger partial charge in [0.2, 0.25) is 5.91 Å². The first-order valence-corrected chi connectivity index (χ1v) is 7.85. The number of unbranched alkanes of at least 4 members (excludes halogenated alkanes) is 1. The summed E-state index contributed by atoms with van der Waals surface area (Å²) < 4.78 is 11.1. The van der Waals surface area contributed by atoms with Gasteiger partial charge in [0, 0.05) is 24.4 Å². The molecule has 0 aromatic rings. The van der Waals surface area contributed by atoms with Crippen LogP contribution in [-0.4, -0.2) is 35.7 Å². The molecule has 0 aromatic carbocycles. The maximum atomic E-state index is 11.5. The van der Waals surface area contributed by atoms with Crippen LogP contribution in [0.2, 0.25) is 0 Å². The summed E-state index contributed by atoms with van der Waals surface area (Å²) in [5.74, 6) is -0.573. The number of amides is 1. The molecule has 0 aliphatic carbocycles. The molecule has 0 spiro atoms. The predicted octanol–water partition coefficient (Wildman–Crippen LogP) is 1.81. The van der Waals surface area contributed by atoms with Gasteiger partial charge in [0.15, 0.2) is 0 Å². The normalized spacial score (nSPS) is 24.2. The summed E-state index contributed by atoms with van der Waals surface area (Å²) in [6.07, 6.45) is 9.81. The van der Waals surface area contributed by atoms with Crippen LogP contribution in [-0.2, 0) is 19.1 Å². The first-order chi connectivity index (χ1) is 10.6. The number of primary amides is 1. The zero-order valence-corrected chi connectivity index (χ0v) is 13.0. The Morgan fingerprint density at radius 1 is 1.45 bits per heavy atom. The van der Waals surface area contributed by atoms with Crippen LogP contribution >= 0.6 is 0 Å². The first-order valence-electron chi connectivity index (χ1n) is 7.85. The fourth-order valence-electron chi connectivity index (χ4n) is 2.53. The summed E-state index contributed by atoms with van der Waals surface area (Å²) in [6.45, 7) is 2.33. The Morgan fingerprint density at radius 2 is 2.27 bits per heavy atom. The van der Waals surface area contributed by atoms with Crippen LogP contribution in [0.25, 0.3) is 0 Å². The molecule has 0 aromatic heterocycles. The quantitative estimate of drug-likeness (QED) is 0.725. The largest absolute Gasteiger partial charge is 0.463 e. The molecule has 2 aliphatic heterocycles. The predicted molar refractivity (Wildman–Crippen MR) is 81.3 cm³/mol. The zero-order valence-electron chi connectivity index (χ0n) is 13.0. The van der Waals surface area contributed by atoms with Crippen molar-refractivity contribution in [3.63, 3.8) is 0 Å². The lowest BCUT2D eigenvalue weighted by Gasteiger charge is -2.27. The molecule has 0 saturated carbocycles. The van der Waals surface area contributed by atoms with Gasteiger partial charge < -0.3 is 20.1 Å². The lowest BCUT2D eigenvalue weighted by atomic mass is 10.1. The minimum atomic E-state index is -0.409. The average Bonchev–Trinajstić information content (AvgIpc) is 3.00. The number of nitrogens with two attached hydrogens (primary N) is 1. The van der Waals surface area contributed by atoms with Crippen molar-refractivity contribution >= 4 is 11.9 Å². The fraction of sp³-hybridized carbons (Fsp3) is 0.625. The second kappa shape index (κ2) is 7.98. The lowest BCUT2D eigenvalue weighted by molar-refractivity contribution is -0.148. The molecule has 0 bridgehead atoms. The van der Waals surface area contributed by atoms with E-state index < -0.39 is 5.91 Å². The van der Waals surface area contributed by atoms with Gasteiger partial charge in [-0.2, -0.15) is 0 Å². The number of hydrogen-bond donors (Lipinski definition) is 1. The third kappa shape index (κ3) is 4.59. The Balaban J connectivity index is 1.78. The van der Waals surface area contributed by atoms with Crippen LogP contribution in [0.1, 0.15) is 45.4 Å². The van der Waals surface area contributed by atoms with E-state index in [2.05, 4.69) is 0 Å². The third-order valence-electron chi connectivity index (χ3n) is 3.82. The second-order valence-electron chi connectivity index (χ2n) is 5.63. The molecule has 2 rings (SSSR count). The number of rotatable bonds is 7. The van der Waals surface area contributed by atoms with Crippen molar-refractivity contribution in [2.75, 3.05) is 6.61 Å². The van der Waals surface area contributed by atoms with Crippen molar-refractivity contribution in [3.8, 4) is 0 Å². The fourth-order valence-corrected chi connectivity index (χ4v) is 2.53. The van der Waals surface area contributed by atoms with Crippen LogP contribution < -0.4 is 5.73 Å². The molecule has 2 aliphatic rings. The third-order valence-corrected chi connectivity index (χ3v) is 3.82. The van der Waals surface area contributed by atoms with Gasteiger partial charge in [0.25, 0.3) is 0 Å². The smallest absolute Gasteiger partial charge is 0.305 e. The van der Waals surface area contributed by atoms with Gasteiger partial charge in [-0.25, -0.2) is 0 Å². The minimum Gasteiger partial charge on any atom is -0.463 e. The molecule has 1 saturated heterocycles. The maximum Gasteiger partial charge on any atom is 0.305 e. The molecule has 1 fully saturated rings. The van der Waals surface area contributed by atoms with E-state index in [1.54, 1.807) is 6.20 Å². The van der Waals surface area contributed by atoms with Crippen molar-refractivity contribution in [2.24, 2.45) is 5.73 Å². The number of allylic oxidation sites excluding steroid dienone is 1. The van der Waals surface area contributed by atoms with E-state index in [-0.39, 0.29) is 18.3 Å². The van der Waals surface area contributed by atoms with Crippen LogP contribution in [0.4, 0.5) is 0 Å². The SMILES string of the molecule is CCCCC(=O)OCC1CCC(N2C=CCC(C(N)=O)=C2)O1. The Kier molecular flexibility index (Phi) is 6.00. The van der Waals surface area contributed by atoms with Gasteiger partial charge in [0.1, 0.15) is 12.8 Å². The molecular formula is C16H24N2O4. The number of carbonyl (C=O) groups excluding carboxylic acids is 2. The Labute approximate surface area is 130 Å². The molecule has 6 nitrogen and oxygen atoms in total. The molecule has 122 valence electrons. The zero-order chi connectivity index (χ0) is 15.9. The monoisotopic (exact) mass is 308 g/mol. The standard InChI is InChI=1S/C16H24N2O4/c1-2-3-6-15(19)21-11-13-7-8-14(22-13)18-9-4-5-12(10-18)16(17)20/h4,9-10,13-14H,2-3,5-8,11H2,1H3,(H2,17,20). The number of carbonyl (C=O) groups is 2. The van der Waals surface area contributed by atoms with E-state index in [4.69, 9.17) is 15.2 Å². The highest BCUT2D eigenvalue weighted by atomic mass is 16.6. The molecule has 6 heteroatoms. The van der Waals surface area contributed by atoms with Gasteiger partial charge >= 0.3 is 5.97 Å². The Bertz CT molecular complexity index is 473. The number of ether oxygens (including phenoxy) is 2. The van der Waals surface area contributed by atoms with E-state index in [9.17, 15) is 9.59 Å². The van der Waals surface area contributed by atoms with Crippen molar-refractivity contribution in [1.29, 1.82) is 0 Å². The molecule has 0 radical (unpaired) electrons. The summed E-state index contributed by atoms with van der Waals surface area (Å²) in [6, 6.07) is 0. The number of esters is 1. The van der Waals surface area contributed by atoms with E-state index in [0.29, 0.717) is 25.0 Å². The van der Waals surface area contributed by atoms with Crippen molar-refractivity contribution in [3.05, 3.63) is 24.0 Å². The summed E-state index contributed by atoms with van der Waals surface area (Å²) >= 11 is 0. The maximum absolute atomic E-state index is 11.5. The van der Waals surface area contributed by atoms with E-state index in [1.807, 2.05) is 24.1 Å². The summed E-state index contributed by atoms with van der Waals surface area (Å²) in [4.78, 5) is 24.6. The number of hydrogen-bond acceptors (Lipinski definition) is 5. The second-order valence-corrected chi connectivity index (χ2v) is 5.63. The van der Waals surface area contributed by atoms with Gasteiger partial charge in [-0.15, -0.1) is 0 Å². The molecule has 22 heavy (non-hydrogen) atoms. The highest BCUT2D eigenvalue weighted by molar-refractivity contribution is 5.92. The van der Waals surface area contributed by atoms with E-state index in [0.717, 1.165) is 25.7 Å². The molecule has 1 amide bonds. The molecular weight excluding hydrogens is 284 g/mol. The number of nitrogens with zero attached hydrogens (tertiary/aromatic N) is 1. The molecule has 2 N–H and O–H groups in total. The Morgan fingerprint density at radius 3 is 3.00 bits per heavy atom. The summed E-state index contributed by atoms with van der Waals surface area (Å²) in [5, 5.41) is 0. The molecule has 2 unspecified atom stereocenters. The average molecular weight is 308 g/mol. The lowest BCUT2D eigenvalue weighted by Crippen LogP contribution is -2.30. The Hall–Kier alpha value is -1.82. The van der Waals surface area contributed by atoms with Crippen LogP contribution in [0.3, 0.4) is 0 Å². The van der Waals surface area contributed by atoms with Crippen molar-refractivity contribution in [1.82, 2.24) is 4.90 Å². The van der Waals surface area contributed by atoms with Crippen molar-refractivity contribution in [2.45, 2.75) is 57.8 Å². The van der Waals surface area contributed by atoms with Crippen LogP contribution in [0.5, 0.6) is 0 Å². The van der Waals surface area contributed by atoms with Gasteiger partial charge in [-0.05, 0) is 25.7 Å². The summed E-state index contributed by atoms with van der Waals surface area (Å²) in [5.41, 5.74) is 5.88. The van der Waals surface area contributed by atoms with Crippen LogP contribution in [0, 0.1) is 0 Å². The van der Waals surface area contributed by atoms with Gasteiger partial charge in [0.05, 0.1) is 6.10 Å². The van der Waals surface area contributed by atoms with Gasteiger partial charge in [-0.3, -0.25) is 9.59 Å². The summed E-state index contributed by atoms with van der Waals surface area (Å²) in [7, 11) is 0. The van der Waals surface area contributed by atoms with Gasteiger partial charge in [-0.1, -0.05) is 19.4 Å². The topological polar surface area (TPSA) is 81.9 Å². The first kappa shape index (κ1) is 16.5.